The molecule has 2 heterocycles. The molecular formula is C22H24ClF2N5O2S2. The van der Waals surface area contributed by atoms with Crippen LogP contribution >= 0.6 is 22.9 Å². The highest BCUT2D eigenvalue weighted by Crippen LogP contribution is 2.31. The van der Waals surface area contributed by atoms with Crippen molar-refractivity contribution in [3.63, 3.8) is 0 Å². The Balaban J connectivity index is 1.52. The predicted octanol–water partition coefficient (Wildman–Crippen LogP) is 4.93. The molecular weight excluding hydrogens is 504 g/mol. The van der Waals surface area contributed by atoms with Crippen molar-refractivity contribution >= 4 is 44.5 Å². The first-order chi connectivity index (χ1) is 16.2. The predicted molar refractivity (Wildman–Crippen MR) is 130 cm³/mol. The number of aromatic nitrogens is 1. The van der Waals surface area contributed by atoms with Gasteiger partial charge in [0.15, 0.2) is 5.82 Å². The van der Waals surface area contributed by atoms with E-state index in [0.717, 1.165) is 43.6 Å². The number of benzene rings is 2. The molecule has 182 valence electrons. The summed E-state index contributed by atoms with van der Waals surface area (Å²) in [6.45, 7) is 2.69. The second kappa shape index (κ2) is 10.5. The summed E-state index contributed by atoms with van der Waals surface area (Å²) in [6, 6.07) is 6.67. The molecule has 0 radical (unpaired) electrons. The number of likely N-dealkylation sites (tertiary alicyclic amines) is 1. The summed E-state index contributed by atoms with van der Waals surface area (Å²) in [5.41, 5.74) is 8.78. The molecule has 0 bridgehead atoms. The number of nitrogens with one attached hydrogen (secondary N) is 2. The number of piperidine rings is 1. The summed E-state index contributed by atoms with van der Waals surface area (Å²) in [5.74, 6) is -1.48. The summed E-state index contributed by atoms with van der Waals surface area (Å²) >= 11 is 7.42. The van der Waals surface area contributed by atoms with Crippen LogP contribution in [-0.4, -0.2) is 31.4 Å². The molecule has 0 amide bonds. The van der Waals surface area contributed by atoms with E-state index in [1.54, 1.807) is 12.1 Å². The van der Waals surface area contributed by atoms with Gasteiger partial charge in [-0.05, 0) is 55.8 Å². The number of thiazole rings is 1. The minimum atomic E-state index is -4.25. The summed E-state index contributed by atoms with van der Waals surface area (Å²) < 4.78 is 56.6. The molecule has 0 unspecified atom stereocenters. The summed E-state index contributed by atoms with van der Waals surface area (Å²) in [7, 11) is -4.25. The zero-order valence-electron chi connectivity index (χ0n) is 18.1. The Bertz CT molecular complexity index is 1250. The summed E-state index contributed by atoms with van der Waals surface area (Å²) in [6.07, 6.45) is 2.47. The van der Waals surface area contributed by atoms with Crippen LogP contribution in [0.5, 0.6) is 0 Å². The molecule has 12 heteroatoms. The van der Waals surface area contributed by atoms with Gasteiger partial charge < -0.3 is 11.1 Å². The Morgan fingerprint density at radius 2 is 1.91 bits per heavy atom. The van der Waals surface area contributed by atoms with E-state index < -0.39 is 32.7 Å². The number of hydrogen-bond acceptors (Lipinski definition) is 7. The number of halogens is 3. The zero-order valence-corrected chi connectivity index (χ0v) is 20.5. The summed E-state index contributed by atoms with van der Waals surface area (Å²) in [5, 5.41) is 4.18. The first-order valence-corrected chi connectivity index (χ1v) is 13.5. The highest BCUT2D eigenvalue weighted by Gasteiger charge is 2.23. The Morgan fingerprint density at radius 3 is 2.62 bits per heavy atom. The van der Waals surface area contributed by atoms with Crippen LogP contribution in [0.15, 0.2) is 46.1 Å². The maximum atomic E-state index is 14.8. The molecule has 0 saturated carbocycles. The molecule has 4 rings (SSSR count). The molecule has 4 N–H and O–H groups in total. The van der Waals surface area contributed by atoms with Gasteiger partial charge in [0.1, 0.15) is 22.7 Å². The number of nitrogens with zero attached hydrogens (tertiary/aromatic N) is 2. The van der Waals surface area contributed by atoms with Crippen molar-refractivity contribution in [2.75, 3.05) is 23.1 Å². The lowest BCUT2D eigenvalue weighted by atomic mass is 10.1. The number of sulfonamides is 1. The molecule has 1 atom stereocenters. The van der Waals surface area contributed by atoms with Crippen molar-refractivity contribution in [2.24, 2.45) is 5.73 Å². The molecule has 1 saturated heterocycles. The van der Waals surface area contributed by atoms with Gasteiger partial charge in [0, 0.05) is 17.5 Å². The van der Waals surface area contributed by atoms with E-state index in [4.69, 9.17) is 17.3 Å². The van der Waals surface area contributed by atoms with Crippen LogP contribution in [0.2, 0.25) is 5.02 Å². The molecule has 0 spiro atoms. The van der Waals surface area contributed by atoms with Gasteiger partial charge in [-0.3, -0.25) is 9.62 Å². The molecule has 1 fully saturated rings. The fourth-order valence-electron chi connectivity index (χ4n) is 3.85. The molecule has 7 nitrogen and oxygen atoms in total. The average Bonchev–Trinajstić information content (AvgIpc) is 3.30. The third-order valence-corrected chi connectivity index (χ3v) is 7.81. The highest BCUT2D eigenvalue weighted by atomic mass is 35.5. The van der Waals surface area contributed by atoms with Crippen molar-refractivity contribution in [1.82, 2.24) is 9.88 Å². The third-order valence-electron chi connectivity index (χ3n) is 5.54. The van der Waals surface area contributed by atoms with Gasteiger partial charge in [-0.15, -0.1) is 11.3 Å². The number of rotatable bonds is 8. The van der Waals surface area contributed by atoms with Gasteiger partial charge in [-0.25, -0.2) is 22.2 Å². The largest absolute Gasteiger partial charge is 0.365 e. The van der Waals surface area contributed by atoms with E-state index in [9.17, 15) is 17.2 Å². The normalized spacial score (nSPS) is 15.8. The monoisotopic (exact) mass is 527 g/mol. The highest BCUT2D eigenvalue weighted by molar-refractivity contribution is 7.92. The Labute approximate surface area is 206 Å². The quantitative estimate of drug-likeness (QED) is 0.359. The van der Waals surface area contributed by atoms with E-state index in [0.29, 0.717) is 6.54 Å². The lowest BCUT2D eigenvalue weighted by Gasteiger charge is -2.27. The lowest BCUT2D eigenvalue weighted by molar-refractivity contribution is 0.221. The molecule has 1 aliphatic rings. The van der Waals surface area contributed by atoms with Crippen molar-refractivity contribution in [3.05, 3.63) is 69.0 Å². The van der Waals surface area contributed by atoms with Gasteiger partial charge in [0.2, 0.25) is 0 Å². The van der Waals surface area contributed by atoms with Gasteiger partial charge >= 0.3 is 0 Å². The van der Waals surface area contributed by atoms with E-state index in [2.05, 4.69) is 19.9 Å². The molecule has 34 heavy (non-hydrogen) atoms. The number of anilines is 2. The second-order valence-electron chi connectivity index (χ2n) is 8.06. The van der Waals surface area contributed by atoms with Crippen LogP contribution < -0.4 is 15.8 Å². The van der Waals surface area contributed by atoms with Crippen molar-refractivity contribution in [1.29, 1.82) is 0 Å². The third kappa shape index (κ3) is 5.84. The van der Waals surface area contributed by atoms with E-state index in [1.165, 1.54) is 34.7 Å². The molecule has 0 aliphatic carbocycles. The molecule has 1 aromatic heterocycles. The van der Waals surface area contributed by atoms with Crippen LogP contribution in [0.4, 0.5) is 20.3 Å². The first-order valence-electron chi connectivity index (χ1n) is 10.7. The zero-order chi connectivity index (χ0) is 24.3. The minimum absolute atomic E-state index is 0.0418. The van der Waals surface area contributed by atoms with Crippen LogP contribution in [0, 0.1) is 11.6 Å². The van der Waals surface area contributed by atoms with Gasteiger partial charge in [0.25, 0.3) is 10.0 Å². The van der Waals surface area contributed by atoms with Crippen LogP contribution in [0.3, 0.4) is 0 Å². The molecule has 2 aromatic carbocycles. The second-order valence-corrected chi connectivity index (χ2v) is 10.8. The number of hydrogen-bond donors (Lipinski definition) is 3. The summed E-state index contributed by atoms with van der Waals surface area (Å²) in [4.78, 5) is 5.50. The van der Waals surface area contributed by atoms with E-state index >= 15 is 0 Å². The van der Waals surface area contributed by atoms with Gasteiger partial charge in [0.05, 0.1) is 16.2 Å². The van der Waals surface area contributed by atoms with Gasteiger partial charge in [-0.2, -0.15) is 0 Å². The van der Waals surface area contributed by atoms with Crippen LogP contribution in [0.1, 0.15) is 36.6 Å². The first kappa shape index (κ1) is 24.8. The maximum Gasteiger partial charge on any atom is 0.266 e. The fourth-order valence-corrected chi connectivity index (χ4v) is 5.78. The van der Waals surface area contributed by atoms with Crippen molar-refractivity contribution in [3.8, 4) is 0 Å². The average molecular weight is 528 g/mol. The standard InChI is InChI=1S/C22H24ClF2N5O2S2/c23-16-9-20(34(31,32)29-21-12-33-13-27-21)18(25)10-19(16)28-22(26)15-8-14(4-5-17(15)24)11-30-6-2-1-3-7-30/h4-5,8-10,12-13,22,28-29H,1-3,6-7,11,26H2/t22-/m1/s1. The Morgan fingerprint density at radius 1 is 1.15 bits per heavy atom. The Kier molecular flexibility index (Phi) is 7.68. The molecule has 3 aromatic rings. The van der Waals surface area contributed by atoms with Gasteiger partial charge in [-0.1, -0.05) is 24.1 Å². The van der Waals surface area contributed by atoms with Crippen molar-refractivity contribution in [2.45, 2.75) is 36.9 Å². The number of nitrogens with two attached hydrogens (primary N) is 1. The van der Waals surface area contributed by atoms with E-state index in [1.807, 2.05) is 0 Å². The lowest BCUT2D eigenvalue weighted by Crippen LogP contribution is -2.29. The van der Waals surface area contributed by atoms with Crippen LogP contribution in [0.25, 0.3) is 0 Å². The van der Waals surface area contributed by atoms with E-state index in [-0.39, 0.29) is 22.1 Å². The topological polar surface area (TPSA) is 100 Å². The smallest absolute Gasteiger partial charge is 0.266 e. The van der Waals surface area contributed by atoms with Crippen molar-refractivity contribution < 1.29 is 17.2 Å². The SMILES string of the molecule is N[C@H](Nc1cc(F)c(S(=O)(=O)Nc2cscn2)cc1Cl)c1cc(CN2CCCCC2)ccc1F. The fraction of sp³-hybridized carbons (Fsp3) is 0.318. The molecule has 1 aliphatic heterocycles. The maximum absolute atomic E-state index is 14.8. The minimum Gasteiger partial charge on any atom is -0.365 e. The van der Waals surface area contributed by atoms with Crippen LogP contribution in [-0.2, 0) is 16.6 Å². The Hall–Kier alpha value is -2.31.